The molecular weight excluding hydrogens is 1230 g/mol. The monoisotopic (exact) mass is 1290 g/mol. The van der Waals surface area contributed by atoms with E-state index in [1.165, 1.54) is 158 Å². The highest BCUT2D eigenvalue weighted by atomic mass is 16.3. The first-order valence-corrected chi connectivity index (χ1v) is 35.1. The Morgan fingerprint density at radius 3 is 1.27 bits per heavy atom. The van der Waals surface area contributed by atoms with E-state index >= 15 is 0 Å². The predicted octanol–water partition coefficient (Wildman–Crippen LogP) is 25.2. The van der Waals surface area contributed by atoms with Gasteiger partial charge in [0.2, 0.25) is 0 Å². The lowest BCUT2D eigenvalue weighted by atomic mass is 9.85. The molecule has 0 N–H and O–H groups in total. The molecule has 0 spiro atoms. The molecule has 0 fully saturated rings. The van der Waals surface area contributed by atoms with Gasteiger partial charge in [0, 0.05) is 120 Å². The van der Waals surface area contributed by atoms with E-state index in [9.17, 15) is 0 Å². The number of hydrogen-bond acceptors (Lipinski definition) is 1. The van der Waals surface area contributed by atoms with Crippen molar-refractivity contribution in [3.05, 3.63) is 303 Å². The van der Waals surface area contributed by atoms with Crippen LogP contribution in [0.4, 0.5) is 0 Å². The van der Waals surface area contributed by atoms with Crippen molar-refractivity contribution >= 4 is 185 Å². The van der Waals surface area contributed by atoms with Crippen LogP contribution in [0, 0.1) is 0 Å². The van der Waals surface area contributed by atoms with Gasteiger partial charge < -0.3 is 31.5 Å². The van der Waals surface area contributed by atoms with E-state index in [0.717, 1.165) is 66.8 Å². The first-order chi connectivity index (χ1) is 49.8. The molecule has 24 aromatic rings. The molecule has 0 aliphatic heterocycles. The lowest BCUT2D eigenvalue weighted by Crippen LogP contribution is -2.10. The standard InChI is InChI=1S/C94H58N6O/c1-94(2,3)55-46-71-69-50-80-67(61-31-14-17-34-74(61)95(80)56-23-7-4-8-24-56)48-82(69)100-83-49-68-62-32-15-18-35-75(62)96(81(68)51-70(83)72(47-55)90(71)100)59-29-21-22-53(44-59)54-38-39-63-65-40-42-77-86(91(65)98(79(63)45-54)58-27-11-6-12-28-58)73-52-85-87(66-33-16-20-37-84(66)101-85)89-88-78(99(77)93(73)89)43-41-64-60-30-13-19-36-76(60)97(92(64)88)57-25-9-5-10-26-57/h4-52H,1-3H3. The molecule has 7 nitrogen and oxygen atoms in total. The topological polar surface area (TPSA) is 41.7 Å². The van der Waals surface area contributed by atoms with Crippen molar-refractivity contribution in [3.8, 4) is 33.9 Å². The molecule has 0 radical (unpaired) electrons. The summed E-state index contributed by atoms with van der Waals surface area (Å²) in [5, 5.41) is 22.0. The summed E-state index contributed by atoms with van der Waals surface area (Å²) in [6, 6.07) is 111. The van der Waals surface area contributed by atoms with Gasteiger partial charge in [0.15, 0.2) is 0 Å². The van der Waals surface area contributed by atoms with Crippen LogP contribution in [0.25, 0.3) is 219 Å². The molecule has 9 heterocycles. The number of nitrogens with zero attached hydrogens (tertiary/aromatic N) is 6. The van der Waals surface area contributed by atoms with Gasteiger partial charge >= 0.3 is 0 Å². The molecule has 0 atom stereocenters. The van der Waals surface area contributed by atoms with Crippen LogP contribution in [0.15, 0.2) is 302 Å². The number of para-hydroxylation sites is 7. The Bertz CT molecular complexity index is 7770. The number of aromatic nitrogens is 6. The summed E-state index contributed by atoms with van der Waals surface area (Å²) in [4.78, 5) is 0. The summed E-state index contributed by atoms with van der Waals surface area (Å²) in [7, 11) is 0. The van der Waals surface area contributed by atoms with Crippen LogP contribution in [0.2, 0.25) is 0 Å². The third-order valence-electron chi connectivity index (χ3n) is 22.9. The molecule has 7 heteroatoms. The van der Waals surface area contributed by atoms with Crippen LogP contribution < -0.4 is 0 Å². The smallest absolute Gasteiger partial charge is 0.136 e. The zero-order valence-corrected chi connectivity index (χ0v) is 55.4. The lowest BCUT2D eigenvalue weighted by Gasteiger charge is -2.19. The number of fused-ring (bicyclic) bond motifs is 30. The van der Waals surface area contributed by atoms with Crippen molar-refractivity contribution < 1.29 is 4.42 Å². The van der Waals surface area contributed by atoms with Crippen molar-refractivity contribution in [2.45, 2.75) is 26.2 Å². The van der Waals surface area contributed by atoms with E-state index in [1.807, 2.05) is 0 Å². The molecule has 0 saturated carbocycles. The van der Waals surface area contributed by atoms with Crippen molar-refractivity contribution in [1.82, 2.24) is 27.1 Å². The SMILES string of the molecule is CC(C)(C)c1cc2c3cc4c(cc3n3c5cc6c7ccccc7n(-c7cccc(-c8ccc9c%10ccc%11c(c%12cc%13oc%14ccccc%14c%13c%13c%14c%15c(ccc%14n%11c%12%13)c%11ccccc%11n%15-c%11ccccc%11)c%10n(-c%10ccccc%10)c9c8)c7)c6cc5c(c1)c23)c1ccccc1n4-c1ccccc1. The van der Waals surface area contributed by atoms with Gasteiger partial charge in [0.25, 0.3) is 0 Å². The second kappa shape index (κ2) is 19.0. The summed E-state index contributed by atoms with van der Waals surface area (Å²) < 4.78 is 22.2. The van der Waals surface area contributed by atoms with Gasteiger partial charge in [-0.05, 0) is 156 Å². The highest BCUT2D eigenvalue weighted by molar-refractivity contribution is 6.41. The minimum Gasteiger partial charge on any atom is -0.456 e. The average Bonchev–Trinajstić information content (AvgIpc) is 1.51. The highest BCUT2D eigenvalue weighted by Crippen LogP contribution is 2.53. The maximum absolute atomic E-state index is 7.06. The Hall–Kier alpha value is -13.1. The second-order valence-corrected chi connectivity index (χ2v) is 29.1. The van der Waals surface area contributed by atoms with Crippen LogP contribution in [-0.4, -0.2) is 27.1 Å². The van der Waals surface area contributed by atoms with Gasteiger partial charge in [-0.1, -0.05) is 185 Å². The largest absolute Gasteiger partial charge is 0.456 e. The van der Waals surface area contributed by atoms with E-state index in [-0.39, 0.29) is 5.41 Å². The number of rotatable bonds is 5. The zero-order valence-electron chi connectivity index (χ0n) is 55.4. The quantitative estimate of drug-likeness (QED) is 0.169. The molecule has 101 heavy (non-hydrogen) atoms. The van der Waals surface area contributed by atoms with Gasteiger partial charge in [0.1, 0.15) is 11.2 Å². The van der Waals surface area contributed by atoms with Crippen LogP contribution >= 0.6 is 0 Å². The predicted molar refractivity (Wildman–Crippen MR) is 425 cm³/mol. The molecule has 9 aromatic heterocycles. The van der Waals surface area contributed by atoms with E-state index in [1.54, 1.807) is 0 Å². The molecule has 24 rings (SSSR count). The van der Waals surface area contributed by atoms with Crippen LogP contribution in [0.5, 0.6) is 0 Å². The molecule has 0 saturated heterocycles. The molecule has 0 aliphatic carbocycles. The van der Waals surface area contributed by atoms with Gasteiger partial charge in [-0.25, -0.2) is 0 Å². The van der Waals surface area contributed by atoms with E-state index in [4.69, 9.17) is 4.42 Å². The molecule has 15 aromatic carbocycles. The molecule has 0 aliphatic rings. The van der Waals surface area contributed by atoms with Crippen molar-refractivity contribution in [2.75, 3.05) is 0 Å². The Balaban J connectivity index is 0.735. The minimum absolute atomic E-state index is 0.0932. The number of benzene rings is 15. The van der Waals surface area contributed by atoms with Crippen molar-refractivity contribution in [2.24, 2.45) is 0 Å². The Morgan fingerprint density at radius 2 is 0.653 bits per heavy atom. The zero-order chi connectivity index (χ0) is 66.0. The lowest BCUT2D eigenvalue weighted by molar-refractivity contribution is 0.592. The van der Waals surface area contributed by atoms with Crippen LogP contribution in [0.3, 0.4) is 0 Å². The van der Waals surface area contributed by atoms with Crippen molar-refractivity contribution in [1.29, 1.82) is 0 Å². The molecule has 0 amide bonds. The maximum atomic E-state index is 7.06. The van der Waals surface area contributed by atoms with E-state index < -0.39 is 0 Å². The van der Waals surface area contributed by atoms with Crippen molar-refractivity contribution in [3.63, 3.8) is 0 Å². The summed E-state index contributed by atoms with van der Waals surface area (Å²) in [6.45, 7) is 7.05. The second-order valence-electron chi connectivity index (χ2n) is 29.1. The summed E-state index contributed by atoms with van der Waals surface area (Å²) >= 11 is 0. The fourth-order valence-corrected chi connectivity index (χ4v) is 18.7. The highest BCUT2D eigenvalue weighted by Gasteiger charge is 2.31. The first-order valence-electron chi connectivity index (χ1n) is 35.1. The Morgan fingerprint density at radius 1 is 0.218 bits per heavy atom. The van der Waals surface area contributed by atoms with Crippen LogP contribution in [-0.2, 0) is 5.41 Å². The van der Waals surface area contributed by atoms with Crippen LogP contribution in [0.1, 0.15) is 26.3 Å². The summed E-state index contributed by atoms with van der Waals surface area (Å²) in [5.41, 5.74) is 26.6. The average molecular weight is 1290 g/mol. The molecular formula is C94H58N6O. The third kappa shape index (κ3) is 6.87. The fourth-order valence-electron chi connectivity index (χ4n) is 18.7. The Labute approximate surface area is 576 Å². The Kier molecular flexibility index (Phi) is 10.1. The van der Waals surface area contributed by atoms with E-state index in [0.29, 0.717) is 0 Å². The normalized spacial score (nSPS) is 12.9. The van der Waals surface area contributed by atoms with E-state index in [2.05, 4.69) is 345 Å². The number of hydrogen-bond donors (Lipinski definition) is 0. The maximum Gasteiger partial charge on any atom is 0.136 e. The third-order valence-corrected chi connectivity index (χ3v) is 22.9. The van der Waals surface area contributed by atoms with Gasteiger partial charge in [-0.2, -0.15) is 0 Å². The van der Waals surface area contributed by atoms with Gasteiger partial charge in [-0.3, -0.25) is 0 Å². The van der Waals surface area contributed by atoms with Gasteiger partial charge in [-0.15, -0.1) is 0 Å². The summed E-state index contributed by atoms with van der Waals surface area (Å²) in [6.07, 6.45) is 0. The molecule has 0 unspecified atom stereocenters. The first kappa shape index (κ1) is 54.0. The fraction of sp³-hybridized carbons (Fsp3) is 0.0426. The molecule has 470 valence electrons. The molecule has 0 bridgehead atoms. The van der Waals surface area contributed by atoms with Gasteiger partial charge in [0.05, 0.1) is 77.2 Å². The summed E-state index contributed by atoms with van der Waals surface area (Å²) in [5.74, 6) is 0. The minimum atomic E-state index is -0.0932. The number of furan rings is 1.